The van der Waals surface area contributed by atoms with Gasteiger partial charge in [-0.05, 0) is 18.1 Å². The summed E-state index contributed by atoms with van der Waals surface area (Å²) in [6, 6.07) is 18.1. The van der Waals surface area contributed by atoms with Crippen LogP contribution in [0.3, 0.4) is 0 Å². The van der Waals surface area contributed by atoms with Crippen LogP contribution in [0.1, 0.15) is 23.5 Å². The molecule has 1 amide bonds. The second-order valence-electron chi connectivity index (χ2n) is 5.34. The number of fused-ring (bicyclic) bond motifs is 1. The lowest BCUT2D eigenvalue weighted by Crippen LogP contribution is -2.27. The van der Waals surface area contributed by atoms with Crippen LogP contribution >= 0.6 is 0 Å². The van der Waals surface area contributed by atoms with E-state index >= 15 is 0 Å². The molecule has 1 aliphatic rings. The highest BCUT2D eigenvalue weighted by Crippen LogP contribution is 2.35. The van der Waals surface area contributed by atoms with Gasteiger partial charge in [-0.25, -0.2) is 0 Å². The van der Waals surface area contributed by atoms with E-state index in [1.54, 1.807) is 0 Å². The van der Waals surface area contributed by atoms with Crippen molar-refractivity contribution in [3.05, 3.63) is 65.7 Å². The minimum atomic E-state index is 0.0937. The first-order valence-corrected chi connectivity index (χ1v) is 7.35. The fourth-order valence-corrected chi connectivity index (χ4v) is 2.69. The lowest BCUT2D eigenvalue weighted by Gasteiger charge is -2.09. The average molecular weight is 281 g/mol. The van der Waals surface area contributed by atoms with Crippen LogP contribution in [0.5, 0.6) is 5.75 Å². The molecule has 2 aromatic rings. The summed E-state index contributed by atoms with van der Waals surface area (Å²) in [4.78, 5) is 12.0. The lowest BCUT2D eigenvalue weighted by atomic mass is 9.97. The number of amides is 1. The lowest BCUT2D eigenvalue weighted by molar-refractivity contribution is -0.121. The molecule has 0 aliphatic carbocycles. The van der Waals surface area contributed by atoms with Gasteiger partial charge in [0.25, 0.3) is 0 Å². The monoisotopic (exact) mass is 281 g/mol. The van der Waals surface area contributed by atoms with Crippen LogP contribution in [-0.4, -0.2) is 19.1 Å². The predicted molar refractivity (Wildman–Crippen MR) is 82.5 cm³/mol. The molecule has 1 N–H and O–H groups in total. The fourth-order valence-electron chi connectivity index (χ4n) is 2.69. The predicted octanol–water partition coefficient (Wildman–Crippen LogP) is 2.91. The summed E-state index contributed by atoms with van der Waals surface area (Å²) < 4.78 is 5.61. The maximum absolute atomic E-state index is 12.0. The zero-order valence-corrected chi connectivity index (χ0v) is 11.9. The van der Waals surface area contributed by atoms with Crippen molar-refractivity contribution in [3.63, 3.8) is 0 Å². The number of para-hydroxylation sites is 1. The molecule has 0 radical (unpaired) electrons. The number of carbonyl (C=O) groups excluding carboxylic acids is 1. The quantitative estimate of drug-likeness (QED) is 0.915. The first-order valence-electron chi connectivity index (χ1n) is 7.35. The van der Waals surface area contributed by atoms with Crippen LogP contribution < -0.4 is 10.1 Å². The Balaban J connectivity index is 1.47. The van der Waals surface area contributed by atoms with Gasteiger partial charge in [0.05, 0.1) is 6.61 Å². The molecule has 0 saturated carbocycles. The van der Waals surface area contributed by atoms with Gasteiger partial charge in [0.2, 0.25) is 5.91 Å². The minimum Gasteiger partial charge on any atom is -0.493 e. The Bertz CT molecular complexity index is 610. The summed E-state index contributed by atoms with van der Waals surface area (Å²) in [6.45, 7) is 1.28. The molecule has 3 rings (SSSR count). The summed E-state index contributed by atoms with van der Waals surface area (Å²) in [7, 11) is 0. The Morgan fingerprint density at radius 1 is 1.10 bits per heavy atom. The second kappa shape index (κ2) is 6.44. The summed E-state index contributed by atoms with van der Waals surface area (Å²) in [5, 5.41) is 2.99. The molecule has 108 valence electrons. The van der Waals surface area contributed by atoms with Gasteiger partial charge in [0.1, 0.15) is 5.75 Å². The Kier molecular flexibility index (Phi) is 4.20. The van der Waals surface area contributed by atoms with Gasteiger partial charge in [-0.1, -0.05) is 48.5 Å². The minimum absolute atomic E-state index is 0.0937. The second-order valence-corrected chi connectivity index (χ2v) is 5.34. The molecule has 0 saturated heterocycles. The highest BCUT2D eigenvalue weighted by atomic mass is 16.5. The highest BCUT2D eigenvalue weighted by molar-refractivity contribution is 5.77. The number of rotatable bonds is 5. The van der Waals surface area contributed by atoms with Gasteiger partial charge in [0.15, 0.2) is 0 Å². The van der Waals surface area contributed by atoms with Gasteiger partial charge in [-0.2, -0.15) is 0 Å². The molecule has 3 nitrogen and oxygen atoms in total. The molecule has 1 aliphatic heterocycles. The van der Waals surface area contributed by atoms with Crippen molar-refractivity contribution >= 4 is 5.91 Å². The maximum atomic E-state index is 12.0. The molecule has 1 unspecified atom stereocenters. The van der Waals surface area contributed by atoms with Crippen LogP contribution in [0.2, 0.25) is 0 Å². The molecule has 0 aromatic heterocycles. The normalized spacial score (nSPS) is 16.1. The third-order valence-corrected chi connectivity index (χ3v) is 3.81. The van der Waals surface area contributed by atoms with E-state index in [2.05, 4.69) is 17.4 Å². The van der Waals surface area contributed by atoms with Crippen LogP contribution in [0.15, 0.2) is 54.6 Å². The van der Waals surface area contributed by atoms with Crippen molar-refractivity contribution < 1.29 is 9.53 Å². The molecule has 0 fully saturated rings. The van der Waals surface area contributed by atoms with Gasteiger partial charge in [0, 0.05) is 24.4 Å². The molecule has 1 atom stereocenters. The van der Waals surface area contributed by atoms with Crippen molar-refractivity contribution in [1.82, 2.24) is 5.32 Å². The molecular formula is C18H19NO2. The Morgan fingerprint density at radius 3 is 2.71 bits per heavy atom. The number of benzene rings is 2. The number of hydrogen-bond acceptors (Lipinski definition) is 2. The van der Waals surface area contributed by atoms with Crippen LogP contribution in [-0.2, 0) is 11.2 Å². The Hall–Kier alpha value is -2.29. The third kappa shape index (κ3) is 3.43. The zero-order valence-electron chi connectivity index (χ0n) is 11.9. The average Bonchev–Trinajstić information content (AvgIpc) is 2.92. The number of carbonyl (C=O) groups is 1. The topological polar surface area (TPSA) is 38.3 Å². The number of ether oxygens (including phenoxy) is 1. The summed E-state index contributed by atoms with van der Waals surface area (Å²) in [6.07, 6.45) is 1.36. The van der Waals surface area contributed by atoms with E-state index in [0.717, 1.165) is 17.7 Å². The van der Waals surface area contributed by atoms with Crippen LogP contribution in [0, 0.1) is 0 Å². The Morgan fingerprint density at radius 2 is 1.86 bits per heavy atom. The van der Waals surface area contributed by atoms with Crippen molar-refractivity contribution in [1.29, 1.82) is 0 Å². The molecule has 3 heteroatoms. The largest absolute Gasteiger partial charge is 0.493 e. The van der Waals surface area contributed by atoms with Crippen molar-refractivity contribution in [3.8, 4) is 5.75 Å². The van der Waals surface area contributed by atoms with E-state index in [1.165, 1.54) is 5.56 Å². The summed E-state index contributed by atoms with van der Waals surface area (Å²) >= 11 is 0. The van der Waals surface area contributed by atoms with Crippen molar-refractivity contribution in [2.24, 2.45) is 0 Å². The van der Waals surface area contributed by atoms with Gasteiger partial charge in [-0.3, -0.25) is 4.79 Å². The molecule has 2 aromatic carbocycles. The van der Waals surface area contributed by atoms with Crippen LogP contribution in [0.4, 0.5) is 0 Å². The van der Waals surface area contributed by atoms with Gasteiger partial charge in [-0.15, -0.1) is 0 Å². The van der Waals surface area contributed by atoms with Crippen LogP contribution in [0.25, 0.3) is 0 Å². The third-order valence-electron chi connectivity index (χ3n) is 3.81. The van der Waals surface area contributed by atoms with E-state index in [1.807, 2.05) is 42.5 Å². The van der Waals surface area contributed by atoms with Gasteiger partial charge < -0.3 is 10.1 Å². The molecular weight excluding hydrogens is 262 g/mol. The van der Waals surface area contributed by atoms with E-state index in [-0.39, 0.29) is 11.8 Å². The van der Waals surface area contributed by atoms with E-state index in [9.17, 15) is 4.79 Å². The van der Waals surface area contributed by atoms with Gasteiger partial charge >= 0.3 is 0 Å². The fraction of sp³-hybridized carbons (Fsp3) is 0.278. The zero-order chi connectivity index (χ0) is 14.5. The number of nitrogens with one attached hydrogen (secondary N) is 1. The first kappa shape index (κ1) is 13.7. The molecule has 0 bridgehead atoms. The molecule has 21 heavy (non-hydrogen) atoms. The number of hydrogen-bond donors (Lipinski definition) is 1. The Labute approximate surface area is 124 Å². The van der Waals surface area contributed by atoms with E-state index in [4.69, 9.17) is 4.74 Å². The smallest absolute Gasteiger partial charge is 0.220 e. The van der Waals surface area contributed by atoms with E-state index in [0.29, 0.717) is 19.6 Å². The summed E-state index contributed by atoms with van der Waals surface area (Å²) in [5.41, 5.74) is 2.39. The molecule has 0 spiro atoms. The maximum Gasteiger partial charge on any atom is 0.220 e. The molecule has 1 heterocycles. The van der Waals surface area contributed by atoms with Crippen molar-refractivity contribution in [2.45, 2.75) is 18.8 Å². The summed E-state index contributed by atoms with van der Waals surface area (Å²) in [5.74, 6) is 1.19. The van der Waals surface area contributed by atoms with E-state index < -0.39 is 0 Å². The SMILES string of the molecule is O=C(CC1COc2ccccc21)NCCc1ccccc1. The first-order chi connectivity index (χ1) is 10.3. The highest BCUT2D eigenvalue weighted by Gasteiger charge is 2.25. The van der Waals surface area contributed by atoms with Crippen molar-refractivity contribution in [2.75, 3.05) is 13.2 Å². The standard InChI is InChI=1S/C18H19NO2/c20-18(19-11-10-14-6-2-1-3-7-14)12-15-13-21-17-9-5-4-8-16(15)17/h1-9,15H,10-13H2,(H,19,20).